The molecular formula is C16H14N4O2. The molecule has 0 bridgehead atoms. The van der Waals surface area contributed by atoms with Gasteiger partial charge in [-0.15, -0.1) is 5.10 Å². The number of rotatable bonds is 4. The first-order valence-electron chi connectivity index (χ1n) is 6.73. The van der Waals surface area contributed by atoms with Gasteiger partial charge in [0.15, 0.2) is 5.82 Å². The Hall–Kier alpha value is -3.15. The van der Waals surface area contributed by atoms with Gasteiger partial charge in [0.1, 0.15) is 5.76 Å². The first kappa shape index (κ1) is 13.8. The van der Waals surface area contributed by atoms with Gasteiger partial charge < -0.3 is 4.42 Å². The summed E-state index contributed by atoms with van der Waals surface area (Å²) >= 11 is 0. The van der Waals surface area contributed by atoms with E-state index in [-0.39, 0.29) is 11.9 Å². The average Bonchev–Trinajstić information content (AvgIpc) is 3.17. The Morgan fingerprint density at radius 1 is 1.27 bits per heavy atom. The maximum absolute atomic E-state index is 11.8. The van der Waals surface area contributed by atoms with E-state index in [4.69, 9.17) is 4.42 Å². The Bertz CT molecular complexity index is 786. The molecule has 0 aliphatic carbocycles. The summed E-state index contributed by atoms with van der Waals surface area (Å²) in [5.74, 6) is 1.10. The Kier molecular flexibility index (Phi) is 3.82. The minimum absolute atomic E-state index is 0.227. The summed E-state index contributed by atoms with van der Waals surface area (Å²) < 4.78 is 5.10. The summed E-state index contributed by atoms with van der Waals surface area (Å²) in [6.45, 7) is 2.02. The zero-order valence-corrected chi connectivity index (χ0v) is 11.9. The van der Waals surface area contributed by atoms with Crippen molar-refractivity contribution in [2.75, 3.05) is 5.32 Å². The maximum atomic E-state index is 11.8. The van der Waals surface area contributed by atoms with Crippen LogP contribution < -0.4 is 5.32 Å². The number of H-pyrrole nitrogens is 1. The van der Waals surface area contributed by atoms with E-state index in [0.717, 1.165) is 5.56 Å². The molecule has 0 spiro atoms. The van der Waals surface area contributed by atoms with Gasteiger partial charge in [-0.25, -0.2) is 0 Å². The van der Waals surface area contributed by atoms with E-state index in [2.05, 4.69) is 20.5 Å². The SMILES string of the molecule is Cc1ccc(-c2nc(NC(=O)/C=C/c3ccco3)n[nH]2)cc1. The smallest absolute Gasteiger partial charge is 0.250 e. The topological polar surface area (TPSA) is 83.8 Å². The third-order valence-electron chi connectivity index (χ3n) is 2.99. The molecule has 3 aromatic rings. The number of hydrogen-bond donors (Lipinski definition) is 2. The lowest BCUT2D eigenvalue weighted by molar-refractivity contribution is -0.111. The number of nitrogens with one attached hydrogen (secondary N) is 2. The van der Waals surface area contributed by atoms with Crippen molar-refractivity contribution < 1.29 is 9.21 Å². The van der Waals surface area contributed by atoms with Crippen molar-refractivity contribution >= 4 is 17.9 Å². The zero-order chi connectivity index (χ0) is 15.4. The van der Waals surface area contributed by atoms with Gasteiger partial charge in [0.05, 0.1) is 6.26 Å². The molecule has 0 saturated heterocycles. The molecule has 0 radical (unpaired) electrons. The normalized spacial score (nSPS) is 11.0. The number of aromatic nitrogens is 3. The van der Waals surface area contributed by atoms with Gasteiger partial charge in [0.2, 0.25) is 5.95 Å². The second-order valence-corrected chi connectivity index (χ2v) is 4.71. The summed E-state index contributed by atoms with van der Waals surface area (Å²) in [7, 11) is 0. The first-order chi connectivity index (χ1) is 10.7. The van der Waals surface area contributed by atoms with Crippen molar-refractivity contribution in [2.24, 2.45) is 0 Å². The van der Waals surface area contributed by atoms with E-state index in [0.29, 0.717) is 11.6 Å². The lowest BCUT2D eigenvalue weighted by Gasteiger charge is -1.96. The molecule has 2 N–H and O–H groups in total. The second-order valence-electron chi connectivity index (χ2n) is 4.71. The third kappa shape index (κ3) is 3.29. The van der Waals surface area contributed by atoms with Gasteiger partial charge >= 0.3 is 0 Å². The Morgan fingerprint density at radius 2 is 2.09 bits per heavy atom. The van der Waals surface area contributed by atoms with Crippen LogP contribution >= 0.6 is 0 Å². The molecule has 0 aliphatic rings. The second kappa shape index (κ2) is 6.09. The Balaban J connectivity index is 1.66. The van der Waals surface area contributed by atoms with Crippen molar-refractivity contribution in [1.82, 2.24) is 15.2 Å². The number of carbonyl (C=O) groups excluding carboxylic acids is 1. The van der Waals surface area contributed by atoms with Crippen LogP contribution in [0.2, 0.25) is 0 Å². The van der Waals surface area contributed by atoms with Crippen molar-refractivity contribution in [2.45, 2.75) is 6.92 Å². The molecule has 0 saturated carbocycles. The number of amides is 1. The molecule has 0 atom stereocenters. The lowest BCUT2D eigenvalue weighted by Crippen LogP contribution is -2.08. The Labute approximate surface area is 126 Å². The van der Waals surface area contributed by atoms with Gasteiger partial charge in [-0.05, 0) is 25.1 Å². The van der Waals surface area contributed by atoms with Gasteiger partial charge in [-0.3, -0.25) is 15.2 Å². The van der Waals surface area contributed by atoms with Crippen molar-refractivity contribution in [3.63, 3.8) is 0 Å². The summed E-state index contributed by atoms with van der Waals surface area (Å²) in [6, 6.07) is 11.4. The molecule has 3 rings (SSSR count). The first-order valence-corrected chi connectivity index (χ1v) is 6.73. The quantitative estimate of drug-likeness (QED) is 0.724. The van der Waals surface area contributed by atoms with Crippen LogP contribution in [0.4, 0.5) is 5.95 Å². The molecule has 110 valence electrons. The molecular weight excluding hydrogens is 280 g/mol. The molecule has 1 aromatic carbocycles. The van der Waals surface area contributed by atoms with Gasteiger partial charge in [0.25, 0.3) is 5.91 Å². The molecule has 0 fully saturated rings. The van der Waals surface area contributed by atoms with Crippen LogP contribution in [0.5, 0.6) is 0 Å². The molecule has 22 heavy (non-hydrogen) atoms. The highest BCUT2D eigenvalue weighted by atomic mass is 16.3. The van der Waals surface area contributed by atoms with Crippen LogP contribution in [-0.4, -0.2) is 21.1 Å². The predicted octanol–water partition coefficient (Wildman–Crippen LogP) is 3.03. The Morgan fingerprint density at radius 3 is 2.82 bits per heavy atom. The van der Waals surface area contributed by atoms with Crippen LogP contribution in [0.25, 0.3) is 17.5 Å². The highest BCUT2D eigenvalue weighted by Gasteiger charge is 2.07. The van der Waals surface area contributed by atoms with Crippen LogP contribution in [0, 0.1) is 6.92 Å². The molecule has 1 amide bonds. The van der Waals surface area contributed by atoms with Gasteiger partial charge in [-0.2, -0.15) is 4.98 Å². The van der Waals surface area contributed by atoms with E-state index in [1.807, 2.05) is 31.2 Å². The highest BCUT2D eigenvalue weighted by Crippen LogP contribution is 2.16. The fraction of sp³-hybridized carbons (Fsp3) is 0.0625. The van der Waals surface area contributed by atoms with E-state index < -0.39 is 0 Å². The van der Waals surface area contributed by atoms with Crippen molar-refractivity contribution in [3.8, 4) is 11.4 Å². The number of nitrogens with zero attached hydrogens (tertiary/aromatic N) is 2. The highest BCUT2D eigenvalue weighted by molar-refractivity contribution is 6.00. The lowest BCUT2D eigenvalue weighted by atomic mass is 10.1. The third-order valence-corrected chi connectivity index (χ3v) is 2.99. The zero-order valence-electron chi connectivity index (χ0n) is 11.9. The number of hydrogen-bond acceptors (Lipinski definition) is 4. The van der Waals surface area contributed by atoms with Crippen molar-refractivity contribution in [3.05, 3.63) is 60.1 Å². The van der Waals surface area contributed by atoms with Gasteiger partial charge in [0, 0.05) is 11.6 Å². The van der Waals surface area contributed by atoms with Gasteiger partial charge in [-0.1, -0.05) is 29.8 Å². The maximum Gasteiger partial charge on any atom is 0.250 e. The minimum Gasteiger partial charge on any atom is -0.465 e. The fourth-order valence-electron chi connectivity index (χ4n) is 1.85. The number of aryl methyl sites for hydroxylation is 1. The van der Waals surface area contributed by atoms with Crippen LogP contribution in [0.3, 0.4) is 0 Å². The molecule has 2 heterocycles. The molecule has 0 aliphatic heterocycles. The number of carbonyl (C=O) groups is 1. The largest absolute Gasteiger partial charge is 0.465 e. The monoisotopic (exact) mass is 294 g/mol. The number of aromatic amines is 1. The van der Waals surface area contributed by atoms with E-state index >= 15 is 0 Å². The fourth-order valence-corrected chi connectivity index (χ4v) is 1.85. The van der Waals surface area contributed by atoms with E-state index in [9.17, 15) is 4.79 Å². The minimum atomic E-state index is -0.328. The van der Waals surface area contributed by atoms with Crippen molar-refractivity contribution in [1.29, 1.82) is 0 Å². The predicted molar refractivity (Wildman–Crippen MR) is 82.9 cm³/mol. The van der Waals surface area contributed by atoms with E-state index in [1.165, 1.54) is 11.6 Å². The summed E-state index contributed by atoms with van der Waals surface area (Å²) in [5.41, 5.74) is 2.07. The average molecular weight is 294 g/mol. The molecule has 6 nitrogen and oxygen atoms in total. The number of anilines is 1. The molecule has 2 aromatic heterocycles. The summed E-state index contributed by atoms with van der Waals surface area (Å²) in [5, 5.41) is 9.36. The standard InChI is InChI=1S/C16H14N4O2/c1-11-4-6-12(7-5-11)15-18-16(20-19-15)17-14(21)9-8-13-3-2-10-22-13/h2-10H,1H3,(H2,17,18,19,20,21)/b9-8+. The number of benzene rings is 1. The molecule has 6 heteroatoms. The summed E-state index contributed by atoms with van der Waals surface area (Å²) in [4.78, 5) is 16.0. The van der Waals surface area contributed by atoms with Crippen LogP contribution in [-0.2, 0) is 4.79 Å². The summed E-state index contributed by atoms with van der Waals surface area (Å²) in [6.07, 6.45) is 4.48. The van der Waals surface area contributed by atoms with Crippen LogP contribution in [0.15, 0.2) is 53.2 Å². The van der Waals surface area contributed by atoms with Crippen LogP contribution in [0.1, 0.15) is 11.3 Å². The molecule has 0 unspecified atom stereocenters. The van der Waals surface area contributed by atoms with E-state index in [1.54, 1.807) is 24.5 Å². The number of furan rings is 1.